The molecular formula is C50H34Br4O. The molecule has 0 fully saturated rings. The van der Waals surface area contributed by atoms with Gasteiger partial charge >= 0.3 is 0 Å². The molecule has 0 saturated heterocycles. The molecule has 8 aromatic carbocycles. The van der Waals surface area contributed by atoms with Crippen LogP contribution in [0.3, 0.4) is 0 Å². The summed E-state index contributed by atoms with van der Waals surface area (Å²) < 4.78 is 4.14. The van der Waals surface area contributed by atoms with Crippen molar-refractivity contribution in [3.05, 3.63) is 257 Å². The van der Waals surface area contributed by atoms with E-state index in [1.807, 2.05) is 84.9 Å². The number of aliphatic hydroxyl groups is 1. The van der Waals surface area contributed by atoms with Gasteiger partial charge in [0.2, 0.25) is 0 Å². The minimum absolute atomic E-state index is 0.311. The maximum Gasteiger partial charge on any atom is 0.141 e. The van der Waals surface area contributed by atoms with E-state index in [4.69, 9.17) is 0 Å². The molecule has 268 valence electrons. The smallest absolute Gasteiger partial charge is 0.141 e. The molecule has 0 aromatic heterocycles. The van der Waals surface area contributed by atoms with Crippen LogP contribution in [0.15, 0.2) is 218 Å². The molecule has 0 radical (unpaired) electrons. The normalized spacial score (nSPS) is 12.6. The second-order valence-electron chi connectivity index (χ2n) is 13.5. The van der Waals surface area contributed by atoms with E-state index in [0.29, 0.717) is 0 Å². The van der Waals surface area contributed by atoms with Crippen LogP contribution in [0.25, 0.3) is 22.3 Å². The summed E-state index contributed by atoms with van der Waals surface area (Å²) in [5.41, 5.74) is 10.9. The van der Waals surface area contributed by atoms with Gasteiger partial charge in [-0.2, -0.15) is 0 Å². The van der Waals surface area contributed by atoms with Gasteiger partial charge in [0, 0.05) is 23.5 Å². The SMILES string of the molecule is Brc1ccc(C2(c3ccc(Br)cc3)c3ccccc3-c3ccccc32)cc1.OC(c1ccc(Br)cc1)(c1ccc(Br)cc1)c1ccccc1-c1ccccc1. The zero-order chi connectivity index (χ0) is 38.0. The van der Waals surface area contributed by atoms with Gasteiger partial charge < -0.3 is 5.11 Å². The maximum absolute atomic E-state index is 12.2. The van der Waals surface area contributed by atoms with E-state index < -0.39 is 5.60 Å². The lowest BCUT2D eigenvalue weighted by Gasteiger charge is -2.34. The molecular weight excluding hydrogens is 936 g/mol. The van der Waals surface area contributed by atoms with Gasteiger partial charge in [-0.05, 0) is 104 Å². The standard InChI is InChI=1S/C25H18Br2O.C25H16Br2/c26-21-14-10-19(11-15-21)25(28,20-12-16-22(27)17-13-20)24-9-5-4-8-23(24)18-6-2-1-3-7-18;26-19-13-9-17(10-14-19)25(18-11-15-20(27)16-12-18)23-7-3-1-5-21(23)22-6-2-4-8-24(22)25/h1-17,28H;1-16H. The summed E-state index contributed by atoms with van der Waals surface area (Å²) >= 11 is 14.2. The Balaban J connectivity index is 0.000000155. The molecule has 0 heterocycles. The first-order chi connectivity index (χ1) is 26.8. The lowest BCUT2D eigenvalue weighted by Crippen LogP contribution is -2.29. The third-order valence-electron chi connectivity index (χ3n) is 10.4. The summed E-state index contributed by atoms with van der Waals surface area (Å²) in [5, 5.41) is 12.2. The van der Waals surface area contributed by atoms with Crippen molar-refractivity contribution >= 4 is 63.7 Å². The van der Waals surface area contributed by atoms with Crippen LogP contribution in [-0.4, -0.2) is 5.11 Å². The molecule has 1 aliphatic carbocycles. The maximum atomic E-state index is 12.2. The van der Waals surface area contributed by atoms with Crippen molar-refractivity contribution < 1.29 is 5.11 Å². The van der Waals surface area contributed by atoms with Crippen molar-refractivity contribution in [2.75, 3.05) is 0 Å². The molecule has 0 aliphatic heterocycles. The summed E-state index contributed by atoms with van der Waals surface area (Å²) in [6.45, 7) is 0. The van der Waals surface area contributed by atoms with Gasteiger partial charge in [-0.1, -0.05) is 215 Å². The first-order valence-corrected chi connectivity index (χ1v) is 21.1. The average Bonchev–Trinajstić information content (AvgIpc) is 3.53. The summed E-state index contributed by atoms with van der Waals surface area (Å²) in [4.78, 5) is 0. The van der Waals surface area contributed by atoms with E-state index in [1.165, 1.54) is 33.4 Å². The number of rotatable bonds is 6. The van der Waals surface area contributed by atoms with Crippen molar-refractivity contribution in [3.63, 3.8) is 0 Å². The predicted octanol–water partition coefficient (Wildman–Crippen LogP) is 14.7. The summed E-state index contributed by atoms with van der Waals surface area (Å²) in [6, 6.07) is 69.1. The fourth-order valence-corrected chi connectivity index (χ4v) is 9.01. The molecule has 0 saturated carbocycles. The fraction of sp³-hybridized carbons (Fsp3) is 0.0400. The van der Waals surface area contributed by atoms with E-state index in [-0.39, 0.29) is 5.41 Å². The van der Waals surface area contributed by atoms with Crippen molar-refractivity contribution in [1.82, 2.24) is 0 Å². The summed E-state index contributed by atoms with van der Waals surface area (Å²) in [5.74, 6) is 0. The number of halogens is 4. The molecule has 55 heavy (non-hydrogen) atoms. The molecule has 1 nitrogen and oxygen atoms in total. The number of hydrogen-bond acceptors (Lipinski definition) is 1. The van der Waals surface area contributed by atoms with Crippen LogP contribution in [0, 0.1) is 0 Å². The second-order valence-corrected chi connectivity index (χ2v) is 17.2. The first kappa shape index (κ1) is 37.6. The van der Waals surface area contributed by atoms with Crippen LogP contribution in [-0.2, 0) is 11.0 Å². The monoisotopic (exact) mass is 966 g/mol. The van der Waals surface area contributed by atoms with Gasteiger partial charge in [0.25, 0.3) is 0 Å². The Morgan fingerprint density at radius 3 is 1.13 bits per heavy atom. The Kier molecular flexibility index (Phi) is 10.9. The van der Waals surface area contributed by atoms with Crippen molar-refractivity contribution in [3.8, 4) is 22.3 Å². The van der Waals surface area contributed by atoms with E-state index in [2.05, 4.69) is 179 Å². The van der Waals surface area contributed by atoms with Gasteiger partial charge in [-0.3, -0.25) is 0 Å². The Morgan fingerprint density at radius 2 is 0.691 bits per heavy atom. The summed E-state index contributed by atoms with van der Waals surface area (Å²) in [7, 11) is 0. The largest absolute Gasteiger partial charge is 0.376 e. The minimum atomic E-state index is -1.28. The Labute approximate surface area is 356 Å². The number of hydrogen-bond donors (Lipinski definition) is 1. The highest BCUT2D eigenvalue weighted by molar-refractivity contribution is 9.11. The van der Waals surface area contributed by atoms with Gasteiger partial charge in [-0.15, -0.1) is 0 Å². The molecule has 0 spiro atoms. The first-order valence-electron chi connectivity index (χ1n) is 17.9. The molecule has 9 rings (SSSR count). The van der Waals surface area contributed by atoms with Crippen molar-refractivity contribution in [2.24, 2.45) is 0 Å². The van der Waals surface area contributed by atoms with Crippen LogP contribution < -0.4 is 0 Å². The molecule has 0 atom stereocenters. The summed E-state index contributed by atoms with van der Waals surface area (Å²) in [6.07, 6.45) is 0. The van der Waals surface area contributed by atoms with E-state index in [0.717, 1.165) is 45.7 Å². The highest BCUT2D eigenvalue weighted by Gasteiger charge is 2.45. The molecule has 1 N–H and O–H groups in total. The van der Waals surface area contributed by atoms with E-state index >= 15 is 0 Å². The lowest BCUT2D eigenvalue weighted by molar-refractivity contribution is 0.126. The molecule has 0 bridgehead atoms. The lowest BCUT2D eigenvalue weighted by atomic mass is 9.68. The molecule has 8 aromatic rings. The number of fused-ring (bicyclic) bond motifs is 3. The molecule has 0 amide bonds. The quantitative estimate of drug-likeness (QED) is 0.165. The van der Waals surface area contributed by atoms with Crippen LogP contribution >= 0.6 is 63.7 Å². The van der Waals surface area contributed by atoms with Crippen LogP contribution in [0.1, 0.15) is 38.9 Å². The van der Waals surface area contributed by atoms with E-state index in [9.17, 15) is 5.11 Å². The minimum Gasteiger partial charge on any atom is -0.376 e. The zero-order valence-electron chi connectivity index (χ0n) is 29.5. The van der Waals surface area contributed by atoms with Crippen LogP contribution in [0.5, 0.6) is 0 Å². The van der Waals surface area contributed by atoms with Gasteiger partial charge in [0.05, 0.1) is 5.41 Å². The van der Waals surface area contributed by atoms with Crippen LogP contribution in [0.2, 0.25) is 0 Å². The molecule has 1 aliphatic rings. The average molecular weight is 970 g/mol. The highest BCUT2D eigenvalue weighted by Crippen LogP contribution is 2.56. The third kappa shape index (κ3) is 7.02. The Bertz CT molecular complexity index is 2430. The van der Waals surface area contributed by atoms with Gasteiger partial charge in [0.1, 0.15) is 5.60 Å². The van der Waals surface area contributed by atoms with Crippen molar-refractivity contribution in [1.29, 1.82) is 0 Å². The predicted molar refractivity (Wildman–Crippen MR) is 241 cm³/mol. The van der Waals surface area contributed by atoms with Crippen LogP contribution in [0.4, 0.5) is 0 Å². The van der Waals surface area contributed by atoms with Gasteiger partial charge in [-0.25, -0.2) is 0 Å². The van der Waals surface area contributed by atoms with Gasteiger partial charge in [0.15, 0.2) is 0 Å². The third-order valence-corrected chi connectivity index (χ3v) is 12.5. The number of benzene rings is 8. The van der Waals surface area contributed by atoms with Crippen molar-refractivity contribution in [2.45, 2.75) is 11.0 Å². The molecule has 0 unspecified atom stereocenters. The Hall–Kier alpha value is -4.36. The highest BCUT2D eigenvalue weighted by atomic mass is 79.9. The fourth-order valence-electron chi connectivity index (χ4n) is 7.95. The molecule has 5 heteroatoms. The second kappa shape index (κ2) is 16.0. The van der Waals surface area contributed by atoms with E-state index in [1.54, 1.807) is 0 Å². The topological polar surface area (TPSA) is 20.2 Å². The zero-order valence-corrected chi connectivity index (χ0v) is 35.9. The Morgan fingerprint density at radius 1 is 0.345 bits per heavy atom.